The average Bonchev–Trinajstić information content (AvgIpc) is 3.40. The first-order chi connectivity index (χ1) is 13.6. The summed E-state index contributed by atoms with van der Waals surface area (Å²) in [5, 5.41) is 10.4. The van der Waals surface area contributed by atoms with Gasteiger partial charge in [0.05, 0.1) is 12.0 Å². The van der Waals surface area contributed by atoms with Crippen LogP contribution in [-0.2, 0) is 10.2 Å². The third-order valence-electron chi connectivity index (χ3n) is 5.90. The zero-order chi connectivity index (χ0) is 19.6. The Bertz CT molecular complexity index is 785. The van der Waals surface area contributed by atoms with Gasteiger partial charge < -0.3 is 14.5 Å². The van der Waals surface area contributed by atoms with Gasteiger partial charge in [0, 0.05) is 31.6 Å². The molecule has 1 unspecified atom stereocenters. The second-order valence-corrected chi connectivity index (χ2v) is 8.97. The Kier molecular flexibility index (Phi) is 5.53. The highest BCUT2D eigenvalue weighted by atomic mass is 32.1. The van der Waals surface area contributed by atoms with Crippen LogP contribution in [0.3, 0.4) is 0 Å². The Morgan fingerprint density at radius 3 is 2.68 bits per heavy atom. The molecule has 2 aliphatic rings. The topological polar surface area (TPSA) is 58.6 Å². The van der Waals surface area contributed by atoms with Crippen molar-refractivity contribution in [2.24, 2.45) is 0 Å². The number of hydrogen-bond acceptors (Lipinski definition) is 6. The number of piperidine rings is 1. The maximum absolute atomic E-state index is 13.6. The molecule has 7 heteroatoms. The van der Waals surface area contributed by atoms with E-state index < -0.39 is 0 Å². The van der Waals surface area contributed by atoms with Crippen LogP contribution in [0.25, 0.3) is 0 Å². The Morgan fingerprint density at radius 2 is 2.04 bits per heavy atom. The minimum atomic E-state index is -0.316. The molecule has 1 aliphatic heterocycles. The number of likely N-dealkylation sites (tertiary alicyclic amines) is 1. The monoisotopic (exact) mass is 400 g/mol. The summed E-state index contributed by atoms with van der Waals surface area (Å²) in [5.74, 6) is 1.61. The number of nitrogens with zero attached hydrogens (tertiary/aromatic N) is 4. The van der Waals surface area contributed by atoms with Crippen LogP contribution in [0.2, 0.25) is 0 Å². The van der Waals surface area contributed by atoms with E-state index in [4.69, 9.17) is 4.74 Å². The highest BCUT2D eigenvalue weighted by Crippen LogP contribution is 2.44. The molecular weight excluding hydrogens is 372 g/mol. The summed E-state index contributed by atoms with van der Waals surface area (Å²) in [5.41, 5.74) is -0.316. The molecular formula is C21H28N4O2S. The number of amides is 1. The molecule has 2 aromatic heterocycles. The van der Waals surface area contributed by atoms with Crippen molar-refractivity contribution in [3.8, 4) is 5.88 Å². The molecule has 150 valence electrons. The Hall–Kier alpha value is -2.15. The lowest BCUT2D eigenvalue weighted by atomic mass is 9.82. The third-order valence-corrected chi connectivity index (χ3v) is 6.97. The number of anilines is 1. The van der Waals surface area contributed by atoms with Crippen molar-refractivity contribution >= 4 is 23.1 Å². The minimum Gasteiger partial charge on any atom is -0.471 e. The second-order valence-electron chi connectivity index (χ2n) is 8.02. The summed E-state index contributed by atoms with van der Waals surface area (Å²) in [6.45, 7) is 1.44. The van der Waals surface area contributed by atoms with Crippen LogP contribution in [0.15, 0.2) is 29.6 Å². The van der Waals surface area contributed by atoms with Crippen molar-refractivity contribution in [1.82, 2.24) is 15.1 Å². The van der Waals surface area contributed by atoms with Crippen molar-refractivity contribution in [2.45, 2.75) is 50.0 Å². The third kappa shape index (κ3) is 3.72. The van der Waals surface area contributed by atoms with E-state index in [1.807, 2.05) is 36.0 Å². The zero-order valence-electron chi connectivity index (χ0n) is 16.6. The Balaban J connectivity index is 1.45. The molecule has 3 heterocycles. The van der Waals surface area contributed by atoms with Crippen LogP contribution in [0.4, 0.5) is 5.82 Å². The van der Waals surface area contributed by atoms with Gasteiger partial charge in [-0.2, -0.15) is 0 Å². The van der Waals surface area contributed by atoms with Gasteiger partial charge in [-0.3, -0.25) is 4.79 Å². The number of ether oxygens (including phenoxy) is 1. The standard InChI is InChI=1S/C21H28N4O2S/c1-24(2)18-9-10-19(23-22-18)27-16-7-5-13-25(15-16)20(26)21(11-3-4-12-21)17-8-6-14-28-17/h6,8-10,14,16H,3-5,7,11-13,15H2,1-2H3. The summed E-state index contributed by atoms with van der Waals surface area (Å²) in [6.07, 6.45) is 6.06. The van der Waals surface area contributed by atoms with Gasteiger partial charge in [-0.1, -0.05) is 18.9 Å². The van der Waals surface area contributed by atoms with Crippen LogP contribution >= 0.6 is 11.3 Å². The Morgan fingerprint density at radius 1 is 1.21 bits per heavy atom. The summed E-state index contributed by atoms with van der Waals surface area (Å²) >= 11 is 1.72. The molecule has 0 aromatic carbocycles. The van der Waals surface area contributed by atoms with Crippen LogP contribution in [-0.4, -0.2) is 54.3 Å². The summed E-state index contributed by atoms with van der Waals surface area (Å²) in [6, 6.07) is 7.95. The summed E-state index contributed by atoms with van der Waals surface area (Å²) in [7, 11) is 3.86. The molecule has 28 heavy (non-hydrogen) atoms. The van der Waals surface area contributed by atoms with E-state index in [0.717, 1.165) is 50.9 Å². The summed E-state index contributed by atoms with van der Waals surface area (Å²) in [4.78, 5) is 18.7. The lowest BCUT2D eigenvalue weighted by Crippen LogP contribution is -2.51. The van der Waals surface area contributed by atoms with Gasteiger partial charge in [0.2, 0.25) is 11.8 Å². The number of thiophene rings is 1. The molecule has 1 aliphatic carbocycles. The lowest BCUT2D eigenvalue weighted by molar-refractivity contribution is -0.140. The van der Waals surface area contributed by atoms with E-state index in [0.29, 0.717) is 12.4 Å². The zero-order valence-corrected chi connectivity index (χ0v) is 17.5. The molecule has 6 nitrogen and oxygen atoms in total. The van der Waals surface area contributed by atoms with E-state index in [1.165, 1.54) is 4.88 Å². The quantitative estimate of drug-likeness (QED) is 0.769. The molecule has 1 atom stereocenters. The fourth-order valence-corrected chi connectivity index (χ4v) is 5.38. The fraction of sp³-hybridized carbons (Fsp3) is 0.571. The molecule has 2 fully saturated rings. The van der Waals surface area contributed by atoms with Crippen molar-refractivity contribution in [2.75, 3.05) is 32.1 Å². The normalized spacial score (nSPS) is 21.5. The highest BCUT2D eigenvalue weighted by Gasteiger charge is 2.46. The molecule has 0 radical (unpaired) electrons. The first kappa shape index (κ1) is 19.2. The molecule has 0 N–H and O–H groups in total. The number of aromatic nitrogens is 2. The minimum absolute atomic E-state index is 0.0287. The lowest BCUT2D eigenvalue weighted by Gasteiger charge is -2.38. The molecule has 1 saturated heterocycles. The SMILES string of the molecule is CN(C)c1ccc(OC2CCCN(C(=O)C3(c4cccs4)CCCC3)C2)nn1. The molecule has 1 saturated carbocycles. The Labute approximate surface area is 170 Å². The van der Waals surface area contributed by atoms with Crippen LogP contribution < -0.4 is 9.64 Å². The van der Waals surface area contributed by atoms with Crippen LogP contribution in [0.5, 0.6) is 5.88 Å². The largest absolute Gasteiger partial charge is 0.471 e. The molecule has 0 spiro atoms. The van der Waals surface area contributed by atoms with Gasteiger partial charge >= 0.3 is 0 Å². The molecule has 2 aromatic rings. The van der Waals surface area contributed by atoms with E-state index in [2.05, 4.69) is 27.7 Å². The number of carbonyl (C=O) groups excluding carboxylic acids is 1. The van der Waals surface area contributed by atoms with Gasteiger partial charge in [-0.25, -0.2) is 0 Å². The van der Waals surface area contributed by atoms with Crippen molar-refractivity contribution in [1.29, 1.82) is 0 Å². The highest BCUT2D eigenvalue weighted by molar-refractivity contribution is 7.10. The summed E-state index contributed by atoms with van der Waals surface area (Å²) < 4.78 is 6.07. The van der Waals surface area contributed by atoms with Crippen molar-refractivity contribution in [3.05, 3.63) is 34.5 Å². The number of hydrogen-bond donors (Lipinski definition) is 0. The van der Waals surface area contributed by atoms with E-state index in [9.17, 15) is 4.79 Å². The smallest absolute Gasteiger partial charge is 0.234 e. The molecule has 4 rings (SSSR count). The predicted molar refractivity (Wildman–Crippen MR) is 111 cm³/mol. The molecule has 0 bridgehead atoms. The van der Waals surface area contributed by atoms with Crippen LogP contribution in [0.1, 0.15) is 43.4 Å². The van der Waals surface area contributed by atoms with Gasteiger partial charge in [0.15, 0.2) is 5.82 Å². The van der Waals surface area contributed by atoms with Gasteiger partial charge in [0.25, 0.3) is 0 Å². The fourth-order valence-electron chi connectivity index (χ4n) is 4.40. The van der Waals surface area contributed by atoms with Gasteiger partial charge in [-0.05, 0) is 43.2 Å². The maximum Gasteiger partial charge on any atom is 0.234 e. The van der Waals surface area contributed by atoms with E-state index in [-0.39, 0.29) is 17.4 Å². The van der Waals surface area contributed by atoms with Crippen molar-refractivity contribution in [3.63, 3.8) is 0 Å². The van der Waals surface area contributed by atoms with Crippen molar-refractivity contribution < 1.29 is 9.53 Å². The predicted octanol–water partition coefficient (Wildman–Crippen LogP) is 3.49. The van der Waals surface area contributed by atoms with Gasteiger partial charge in [-0.15, -0.1) is 21.5 Å². The first-order valence-corrected chi connectivity index (χ1v) is 11.0. The average molecular weight is 401 g/mol. The number of carbonyl (C=O) groups is 1. The van der Waals surface area contributed by atoms with E-state index >= 15 is 0 Å². The first-order valence-electron chi connectivity index (χ1n) is 10.1. The molecule has 1 amide bonds. The van der Waals surface area contributed by atoms with E-state index in [1.54, 1.807) is 11.3 Å². The second kappa shape index (κ2) is 8.07. The van der Waals surface area contributed by atoms with Crippen LogP contribution in [0, 0.1) is 0 Å². The maximum atomic E-state index is 13.6. The number of rotatable bonds is 5. The van der Waals surface area contributed by atoms with Gasteiger partial charge in [0.1, 0.15) is 6.10 Å².